The molecule has 1 saturated heterocycles. The Kier molecular flexibility index (Phi) is 5.03. The Balaban J connectivity index is 1.79. The van der Waals surface area contributed by atoms with Crippen molar-refractivity contribution in [3.63, 3.8) is 0 Å². The molecule has 0 saturated carbocycles. The summed E-state index contributed by atoms with van der Waals surface area (Å²) >= 11 is 3.40. The van der Waals surface area contributed by atoms with Gasteiger partial charge in [-0.1, -0.05) is 0 Å². The van der Waals surface area contributed by atoms with Crippen molar-refractivity contribution in [2.75, 3.05) is 25.0 Å². The van der Waals surface area contributed by atoms with E-state index in [2.05, 4.69) is 32.6 Å². The Morgan fingerprint density at radius 3 is 3.06 bits per heavy atom. The number of halogens is 1. The van der Waals surface area contributed by atoms with Gasteiger partial charge in [-0.25, -0.2) is 0 Å². The van der Waals surface area contributed by atoms with Gasteiger partial charge >= 0.3 is 0 Å². The third-order valence-electron chi connectivity index (χ3n) is 3.37. The van der Waals surface area contributed by atoms with Gasteiger partial charge in [-0.2, -0.15) is 5.26 Å². The topological polar surface area (TPSA) is 47.9 Å². The molecule has 1 aromatic carbocycles. The second kappa shape index (κ2) is 6.77. The smallest absolute Gasteiger partial charge is 0.100 e. The van der Waals surface area contributed by atoms with E-state index < -0.39 is 0 Å². The lowest BCUT2D eigenvalue weighted by molar-refractivity contribution is 0.364. The standard InChI is InChI=1S/C14H18BrN3/c15-14-8-13(4-3-12(14)9-16)18-7-5-11-2-1-6-17-10-11/h3-4,8,11,17-18H,1-2,5-7,10H2. The molecule has 4 heteroatoms. The van der Waals surface area contributed by atoms with Gasteiger partial charge in [0.15, 0.2) is 0 Å². The van der Waals surface area contributed by atoms with Crippen LogP contribution in [0.25, 0.3) is 0 Å². The highest BCUT2D eigenvalue weighted by Crippen LogP contribution is 2.21. The summed E-state index contributed by atoms with van der Waals surface area (Å²) in [7, 11) is 0. The van der Waals surface area contributed by atoms with Gasteiger partial charge in [0, 0.05) is 16.7 Å². The van der Waals surface area contributed by atoms with Crippen molar-refractivity contribution < 1.29 is 0 Å². The lowest BCUT2D eigenvalue weighted by Crippen LogP contribution is -2.30. The highest BCUT2D eigenvalue weighted by Gasteiger charge is 2.12. The van der Waals surface area contributed by atoms with Crippen LogP contribution in [0.3, 0.4) is 0 Å². The summed E-state index contributed by atoms with van der Waals surface area (Å²) in [4.78, 5) is 0. The maximum absolute atomic E-state index is 8.85. The molecule has 0 aromatic heterocycles. The number of nitrogens with zero attached hydrogens (tertiary/aromatic N) is 1. The Morgan fingerprint density at radius 2 is 2.39 bits per heavy atom. The van der Waals surface area contributed by atoms with Crippen molar-refractivity contribution in [1.29, 1.82) is 5.26 Å². The summed E-state index contributed by atoms with van der Waals surface area (Å²) in [5.74, 6) is 0.799. The van der Waals surface area contributed by atoms with E-state index in [9.17, 15) is 0 Å². The van der Waals surface area contributed by atoms with Gasteiger partial charge in [-0.3, -0.25) is 0 Å². The molecule has 1 aliphatic heterocycles. The number of piperidine rings is 1. The van der Waals surface area contributed by atoms with Crippen LogP contribution in [0.4, 0.5) is 5.69 Å². The van der Waals surface area contributed by atoms with Gasteiger partial charge in [-0.15, -0.1) is 0 Å². The number of benzene rings is 1. The highest BCUT2D eigenvalue weighted by molar-refractivity contribution is 9.10. The first-order valence-electron chi connectivity index (χ1n) is 6.44. The number of hydrogen-bond acceptors (Lipinski definition) is 3. The number of rotatable bonds is 4. The summed E-state index contributed by atoms with van der Waals surface area (Å²) in [6.45, 7) is 3.32. The van der Waals surface area contributed by atoms with Gasteiger partial charge in [0.1, 0.15) is 6.07 Å². The van der Waals surface area contributed by atoms with E-state index in [0.29, 0.717) is 5.56 Å². The Labute approximate surface area is 117 Å². The van der Waals surface area contributed by atoms with Gasteiger partial charge in [0.25, 0.3) is 0 Å². The monoisotopic (exact) mass is 307 g/mol. The van der Waals surface area contributed by atoms with Crippen molar-refractivity contribution >= 4 is 21.6 Å². The van der Waals surface area contributed by atoms with Gasteiger partial charge in [-0.05, 0) is 72.4 Å². The quantitative estimate of drug-likeness (QED) is 0.898. The average Bonchev–Trinajstić information content (AvgIpc) is 2.40. The van der Waals surface area contributed by atoms with Crippen LogP contribution in [0.15, 0.2) is 22.7 Å². The third-order valence-corrected chi connectivity index (χ3v) is 4.03. The predicted molar refractivity (Wildman–Crippen MR) is 77.6 cm³/mol. The maximum Gasteiger partial charge on any atom is 0.100 e. The van der Waals surface area contributed by atoms with Crippen LogP contribution >= 0.6 is 15.9 Å². The van der Waals surface area contributed by atoms with E-state index in [4.69, 9.17) is 5.26 Å². The molecule has 1 aromatic rings. The fraction of sp³-hybridized carbons (Fsp3) is 0.500. The zero-order chi connectivity index (χ0) is 12.8. The first-order valence-corrected chi connectivity index (χ1v) is 7.23. The molecule has 0 amide bonds. The molecule has 1 atom stereocenters. The Morgan fingerprint density at radius 1 is 1.50 bits per heavy atom. The minimum Gasteiger partial charge on any atom is -0.385 e. The predicted octanol–water partition coefficient (Wildman–Crippen LogP) is 3.12. The third kappa shape index (κ3) is 3.72. The van der Waals surface area contributed by atoms with E-state index in [0.717, 1.165) is 29.2 Å². The van der Waals surface area contributed by atoms with Crippen LogP contribution in [0.2, 0.25) is 0 Å². The molecule has 3 nitrogen and oxygen atoms in total. The van der Waals surface area contributed by atoms with Crippen molar-refractivity contribution in [3.05, 3.63) is 28.2 Å². The molecule has 1 unspecified atom stereocenters. The average molecular weight is 308 g/mol. The largest absolute Gasteiger partial charge is 0.385 e. The Bertz CT molecular complexity index is 433. The van der Waals surface area contributed by atoms with E-state index in [1.54, 1.807) is 0 Å². The molecule has 2 rings (SSSR count). The van der Waals surface area contributed by atoms with Crippen molar-refractivity contribution in [2.24, 2.45) is 5.92 Å². The van der Waals surface area contributed by atoms with E-state index in [-0.39, 0.29) is 0 Å². The molecular formula is C14H18BrN3. The van der Waals surface area contributed by atoms with Gasteiger partial charge in [0.05, 0.1) is 5.56 Å². The molecule has 0 aliphatic carbocycles. The normalized spacial score (nSPS) is 19.2. The zero-order valence-electron chi connectivity index (χ0n) is 10.4. The lowest BCUT2D eigenvalue weighted by atomic mass is 9.96. The van der Waals surface area contributed by atoms with Crippen molar-refractivity contribution in [3.8, 4) is 6.07 Å². The molecule has 1 aliphatic rings. The van der Waals surface area contributed by atoms with Crippen LogP contribution in [-0.4, -0.2) is 19.6 Å². The fourth-order valence-electron chi connectivity index (χ4n) is 2.31. The molecule has 2 N–H and O–H groups in total. The molecule has 0 bridgehead atoms. The number of nitriles is 1. The first-order chi connectivity index (χ1) is 8.79. The zero-order valence-corrected chi connectivity index (χ0v) is 12.0. The molecular weight excluding hydrogens is 290 g/mol. The number of anilines is 1. The van der Waals surface area contributed by atoms with Crippen LogP contribution in [0, 0.1) is 17.2 Å². The van der Waals surface area contributed by atoms with Crippen molar-refractivity contribution in [1.82, 2.24) is 5.32 Å². The number of nitrogens with one attached hydrogen (secondary N) is 2. The van der Waals surface area contributed by atoms with Gasteiger partial charge in [0.2, 0.25) is 0 Å². The minimum atomic E-state index is 0.678. The highest BCUT2D eigenvalue weighted by atomic mass is 79.9. The number of hydrogen-bond donors (Lipinski definition) is 2. The first kappa shape index (κ1) is 13.4. The van der Waals surface area contributed by atoms with Crippen molar-refractivity contribution in [2.45, 2.75) is 19.3 Å². The summed E-state index contributed by atoms with van der Waals surface area (Å²) in [6.07, 6.45) is 3.84. The van der Waals surface area contributed by atoms with E-state index >= 15 is 0 Å². The van der Waals surface area contributed by atoms with Crippen LogP contribution in [0.5, 0.6) is 0 Å². The van der Waals surface area contributed by atoms with Gasteiger partial charge < -0.3 is 10.6 Å². The molecule has 18 heavy (non-hydrogen) atoms. The fourth-order valence-corrected chi connectivity index (χ4v) is 2.77. The lowest BCUT2D eigenvalue weighted by Gasteiger charge is -2.22. The second-order valence-electron chi connectivity index (χ2n) is 4.73. The summed E-state index contributed by atoms with van der Waals surface area (Å²) in [5, 5.41) is 15.7. The maximum atomic E-state index is 8.85. The van der Waals surface area contributed by atoms with E-state index in [1.165, 1.54) is 25.8 Å². The molecule has 1 fully saturated rings. The summed E-state index contributed by atoms with van der Waals surface area (Å²) < 4.78 is 0.856. The van der Waals surface area contributed by atoms with Crippen LogP contribution in [-0.2, 0) is 0 Å². The molecule has 1 heterocycles. The second-order valence-corrected chi connectivity index (χ2v) is 5.59. The van der Waals surface area contributed by atoms with E-state index in [1.807, 2.05) is 18.2 Å². The summed E-state index contributed by atoms with van der Waals surface area (Å²) in [6, 6.07) is 7.92. The van der Waals surface area contributed by atoms with Crippen LogP contribution in [0.1, 0.15) is 24.8 Å². The SMILES string of the molecule is N#Cc1ccc(NCCC2CCCNC2)cc1Br. The molecule has 0 radical (unpaired) electrons. The Hall–Kier alpha value is -1.05. The molecule has 0 spiro atoms. The summed E-state index contributed by atoms with van der Waals surface area (Å²) in [5.41, 5.74) is 1.75. The minimum absolute atomic E-state index is 0.678. The van der Waals surface area contributed by atoms with Crippen LogP contribution < -0.4 is 10.6 Å². The molecule has 96 valence electrons.